The van der Waals surface area contributed by atoms with E-state index in [4.69, 9.17) is 0 Å². The summed E-state index contributed by atoms with van der Waals surface area (Å²) >= 11 is 0. The summed E-state index contributed by atoms with van der Waals surface area (Å²) in [7, 11) is 0. The largest absolute Gasteiger partial charge is 0.338 e. The molecule has 66 valence electrons. The third-order valence-corrected chi connectivity index (χ3v) is 2.22. The van der Waals surface area contributed by atoms with Crippen molar-refractivity contribution in [3.05, 3.63) is 0 Å². The first-order valence-electron chi connectivity index (χ1n) is 4.45. The highest BCUT2D eigenvalue weighted by atomic mass is 15.5. The van der Waals surface area contributed by atoms with Crippen molar-refractivity contribution in [2.75, 3.05) is 18.0 Å². The van der Waals surface area contributed by atoms with Crippen LogP contribution in [-0.2, 0) is 0 Å². The fourth-order valence-electron chi connectivity index (χ4n) is 1.56. The fourth-order valence-corrected chi connectivity index (χ4v) is 1.56. The molecule has 1 fully saturated rings. The van der Waals surface area contributed by atoms with Crippen LogP contribution in [0, 0.1) is 0 Å². The Labute approximate surface area is 71.1 Å². The van der Waals surface area contributed by atoms with E-state index in [-0.39, 0.29) is 0 Å². The summed E-state index contributed by atoms with van der Waals surface area (Å²) in [5.74, 6) is 0.747. The highest BCUT2D eigenvalue weighted by Crippen LogP contribution is 2.13. The average molecular weight is 167 g/mol. The molecule has 0 bridgehead atoms. The van der Waals surface area contributed by atoms with Crippen molar-refractivity contribution in [2.45, 2.75) is 25.7 Å². The Bertz CT molecular complexity index is 212. The molecule has 12 heavy (non-hydrogen) atoms. The quantitative estimate of drug-likeness (QED) is 0.664. The number of tetrazole rings is 1. The number of H-pyrrole nitrogens is 1. The minimum Gasteiger partial charge on any atom is -0.338 e. The van der Waals surface area contributed by atoms with E-state index >= 15 is 0 Å². The lowest BCUT2D eigenvalue weighted by Gasteiger charge is -2.16. The molecule has 0 spiro atoms. The van der Waals surface area contributed by atoms with Crippen LogP contribution in [0.5, 0.6) is 0 Å². The molecule has 1 aromatic rings. The Morgan fingerprint density at radius 2 is 1.83 bits per heavy atom. The summed E-state index contributed by atoms with van der Waals surface area (Å²) in [6, 6.07) is 0. The van der Waals surface area contributed by atoms with Crippen LogP contribution in [0.15, 0.2) is 0 Å². The van der Waals surface area contributed by atoms with E-state index in [2.05, 4.69) is 25.5 Å². The predicted molar refractivity (Wildman–Crippen MR) is 44.9 cm³/mol. The molecular weight excluding hydrogens is 154 g/mol. The molecule has 2 rings (SSSR count). The van der Waals surface area contributed by atoms with Crippen molar-refractivity contribution in [2.24, 2.45) is 0 Å². The summed E-state index contributed by atoms with van der Waals surface area (Å²) in [6.07, 6.45) is 5.14. The van der Waals surface area contributed by atoms with E-state index in [1.165, 1.54) is 25.7 Å². The smallest absolute Gasteiger partial charge is 0.265 e. The van der Waals surface area contributed by atoms with Crippen LogP contribution in [0.1, 0.15) is 25.7 Å². The molecule has 0 aliphatic carbocycles. The average Bonchev–Trinajstić information content (AvgIpc) is 2.48. The molecule has 0 amide bonds. The molecule has 0 saturated carbocycles. The van der Waals surface area contributed by atoms with E-state index in [1.807, 2.05) is 0 Å². The van der Waals surface area contributed by atoms with E-state index in [9.17, 15) is 0 Å². The van der Waals surface area contributed by atoms with Crippen molar-refractivity contribution in [1.29, 1.82) is 0 Å². The Hall–Kier alpha value is -1.13. The molecule has 0 aromatic carbocycles. The first-order chi connectivity index (χ1) is 5.97. The lowest BCUT2D eigenvalue weighted by Crippen LogP contribution is -2.24. The van der Waals surface area contributed by atoms with Crippen LogP contribution < -0.4 is 4.90 Å². The topological polar surface area (TPSA) is 57.7 Å². The molecule has 5 nitrogen and oxygen atoms in total. The van der Waals surface area contributed by atoms with Crippen LogP contribution in [0.4, 0.5) is 5.95 Å². The zero-order chi connectivity index (χ0) is 8.23. The van der Waals surface area contributed by atoms with Crippen molar-refractivity contribution < 1.29 is 0 Å². The van der Waals surface area contributed by atoms with Gasteiger partial charge in [0.05, 0.1) is 0 Å². The Morgan fingerprint density at radius 1 is 1.08 bits per heavy atom. The first kappa shape index (κ1) is 7.52. The highest BCUT2D eigenvalue weighted by molar-refractivity contribution is 5.25. The molecule has 0 unspecified atom stereocenters. The molecule has 1 aliphatic heterocycles. The number of rotatable bonds is 1. The molecule has 5 heteroatoms. The second kappa shape index (κ2) is 3.51. The third kappa shape index (κ3) is 1.54. The van der Waals surface area contributed by atoms with Gasteiger partial charge < -0.3 is 4.90 Å². The van der Waals surface area contributed by atoms with Gasteiger partial charge in [0.2, 0.25) is 0 Å². The lowest BCUT2D eigenvalue weighted by atomic mass is 10.2. The van der Waals surface area contributed by atoms with Gasteiger partial charge in [-0.2, -0.15) is 5.21 Å². The Morgan fingerprint density at radius 3 is 2.42 bits per heavy atom. The van der Waals surface area contributed by atoms with Gasteiger partial charge in [0.15, 0.2) is 0 Å². The van der Waals surface area contributed by atoms with Crippen molar-refractivity contribution in [3.63, 3.8) is 0 Å². The normalized spacial score (nSPS) is 19.2. The molecule has 1 saturated heterocycles. The molecule has 2 heterocycles. The van der Waals surface area contributed by atoms with Gasteiger partial charge >= 0.3 is 0 Å². The summed E-state index contributed by atoms with van der Waals surface area (Å²) in [4.78, 5) is 2.19. The van der Waals surface area contributed by atoms with Crippen LogP contribution in [-0.4, -0.2) is 33.7 Å². The molecule has 1 N–H and O–H groups in total. The zero-order valence-corrected chi connectivity index (χ0v) is 7.03. The first-order valence-corrected chi connectivity index (χ1v) is 4.45. The molecule has 0 radical (unpaired) electrons. The number of aromatic nitrogens is 4. The molecule has 0 atom stereocenters. The van der Waals surface area contributed by atoms with Crippen LogP contribution in [0.2, 0.25) is 0 Å². The van der Waals surface area contributed by atoms with Gasteiger partial charge in [-0.05, 0) is 18.1 Å². The van der Waals surface area contributed by atoms with Gasteiger partial charge in [0, 0.05) is 13.1 Å². The van der Waals surface area contributed by atoms with Gasteiger partial charge in [-0.1, -0.05) is 17.9 Å². The monoisotopic (exact) mass is 167 g/mol. The minimum absolute atomic E-state index is 0.747. The maximum absolute atomic E-state index is 3.96. The number of nitrogens with zero attached hydrogens (tertiary/aromatic N) is 4. The number of aromatic amines is 1. The Balaban J connectivity index is 2.02. The highest BCUT2D eigenvalue weighted by Gasteiger charge is 2.12. The maximum atomic E-state index is 3.96. The SMILES string of the molecule is C1CCCN(c2nn[nH]n2)CC1. The number of nitrogens with one attached hydrogen (secondary N) is 1. The van der Waals surface area contributed by atoms with Gasteiger partial charge in [-0.25, -0.2) is 0 Å². The standard InChI is InChI=1S/C7H13N5/c1-2-4-6-12(5-3-1)7-8-10-11-9-7/h1-6H2,(H,8,9,10,11). The van der Waals surface area contributed by atoms with Crippen LogP contribution in [0.25, 0.3) is 0 Å². The Kier molecular flexibility index (Phi) is 2.20. The number of hydrogen-bond acceptors (Lipinski definition) is 4. The molecule has 1 aromatic heterocycles. The van der Waals surface area contributed by atoms with Crippen molar-refractivity contribution in [3.8, 4) is 0 Å². The minimum atomic E-state index is 0.747. The fraction of sp³-hybridized carbons (Fsp3) is 0.857. The third-order valence-electron chi connectivity index (χ3n) is 2.22. The van der Waals surface area contributed by atoms with Crippen LogP contribution >= 0.6 is 0 Å². The van der Waals surface area contributed by atoms with Gasteiger partial charge in [0.1, 0.15) is 0 Å². The zero-order valence-electron chi connectivity index (χ0n) is 7.03. The maximum Gasteiger partial charge on any atom is 0.265 e. The molecule has 1 aliphatic rings. The summed E-state index contributed by atoms with van der Waals surface area (Å²) < 4.78 is 0. The summed E-state index contributed by atoms with van der Waals surface area (Å²) in [5, 5.41) is 13.9. The lowest BCUT2D eigenvalue weighted by molar-refractivity contribution is 0.726. The summed E-state index contributed by atoms with van der Waals surface area (Å²) in [5.41, 5.74) is 0. The van der Waals surface area contributed by atoms with Gasteiger partial charge in [0.25, 0.3) is 5.95 Å². The second-order valence-electron chi connectivity index (χ2n) is 3.11. The number of hydrogen-bond donors (Lipinski definition) is 1. The van der Waals surface area contributed by atoms with Crippen molar-refractivity contribution >= 4 is 5.95 Å². The molecular formula is C7H13N5. The van der Waals surface area contributed by atoms with E-state index in [0.717, 1.165) is 19.0 Å². The van der Waals surface area contributed by atoms with E-state index in [0.29, 0.717) is 0 Å². The van der Waals surface area contributed by atoms with Crippen molar-refractivity contribution in [1.82, 2.24) is 20.6 Å². The van der Waals surface area contributed by atoms with E-state index < -0.39 is 0 Å². The van der Waals surface area contributed by atoms with Gasteiger partial charge in [-0.15, -0.1) is 5.10 Å². The number of anilines is 1. The van der Waals surface area contributed by atoms with Gasteiger partial charge in [-0.3, -0.25) is 0 Å². The van der Waals surface area contributed by atoms with E-state index in [1.54, 1.807) is 0 Å². The van der Waals surface area contributed by atoms with Crippen LogP contribution in [0.3, 0.4) is 0 Å². The predicted octanol–water partition coefficient (Wildman–Crippen LogP) is 0.580. The second-order valence-corrected chi connectivity index (χ2v) is 3.11. The summed E-state index contributed by atoms with van der Waals surface area (Å²) in [6.45, 7) is 2.14.